The fourth-order valence-electron chi connectivity index (χ4n) is 1.14. The zero-order valence-corrected chi connectivity index (χ0v) is 8.64. The summed E-state index contributed by atoms with van der Waals surface area (Å²) in [5.41, 5.74) is 5.70. The smallest absolute Gasteiger partial charge is 0.151 e. The standard InChI is InChI=1S/C7H8ClNOS.ClH/c8-5-3-11-6-1-4(9)2-10-7(5)6;/h3-4H,1-2,9H2;1H. The molecule has 68 valence electrons. The molecule has 0 radical (unpaired) electrons. The molecule has 1 aromatic rings. The van der Waals surface area contributed by atoms with Crippen LogP contribution in [0.15, 0.2) is 5.38 Å². The van der Waals surface area contributed by atoms with Crippen molar-refractivity contribution in [2.75, 3.05) is 6.61 Å². The van der Waals surface area contributed by atoms with Gasteiger partial charge in [-0.25, -0.2) is 0 Å². The summed E-state index contributed by atoms with van der Waals surface area (Å²) in [4.78, 5) is 1.17. The van der Waals surface area contributed by atoms with Crippen molar-refractivity contribution in [3.8, 4) is 5.75 Å². The van der Waals surface area contributed by atoms with E-state index in [0.717, 1.165) is 17.2 Å². The molecule has 2 nitrogen and oxygen atoms in total. The van der Waals surface area contributed by atoms with E-state index in [-0.39, 0.29) is 18.4 Å². The number of hydrogen-bond donors (Lipinski definition) is 1. The molecule has 0 fully saturated rings. The summed E-state index contributed by atoms with van der Waals surface area (Å²) in [6, 6.07) is 0.136. The van der Waals surface area contributed by atoms with Crippen LogP contribution < -0.4 is 10.5 Å². The molecule has 5 heteroatoms. The van der Waals surface area contributed by atoms with Gasteiger partial charge in [-0.2, -0.15) is 0 Å². The van der Waals surface area contributed by atoms with Crippen molar-refractivity contribution in [3.05, 3.63) is 15.3 Å². The highest BCUT2D eigenvalue weighted by atomic mass is 35.5. The lowest BCUT2D eigenvalue weighted by molar-refractivity contribution is 0.267. The molecule has 0 bridgehead atoms. The fraction of sp³-hybridized carbons (Fsp3) is 0.429. The number of rotatable bonds is 0. The van der Waals surface area contributed by atoms with Gasteiger partial charge in [0, 0.05) is 22.7 Å². The van der Waals surface area contributed by atoms with Crippen molar-refractivity contribution >= 4 is 35.3 Å². The van der Waals surface area contributed by atoms with Gasteiger partial charge in [-0.15, -0.1) is 23.7 Å². The molecule has 1 unspecified atom stereocenters. The van der Waals surface area contributed by atoms with Crippen LogP contribution in [0.1, 0.15) is 4.88 Å². The number of halogens is 2. The third-order valence-corrected chi connectivity index (χ3v) is 3.06. The van der Waals surface area contributed by atoms with Crippen molar-refractivity contribution in [1.82, 2.24) is 0 Å². The van der Waals surface area contributed by atoms with Crippen molar-refractivity contribution in [2.24, 2.45) is 5.73 Å². The van der Waals surface area contributed by atoms with E-state index < -0.39 is 0 Å². The number of thiophene rings is 1. The Balaban J connectivity index is 0.000000720. The van der Waals surface area contributed by atoms with Crippen LogP contribution in [0.5, 0.6) is 5.75 Å². The molecule has 2 N–H and O–H groups in total. The summed E-state index contributed by atoms with van der Waals surface area (Å²) in [5, 5.41) is 2.61. The van der Waals surface area contributed by atoms with Crippen molar-refractivity contribution in [2.45, 2.75) is 12.5 Å². The van der Waals surface area contributed by atoms with Crippen LogP contribution >= 0.6 is 35.3 Å². The zero-order valence-electron chi connectivity index (χ0n) is 6.25. The second-order valence-electron chi connectivity index (χ2n) is 2.61. The van der Waals surface area contributed by atoms with E-state index in [1.165, 1.54) is 4.88 Å². The van der Waals surface area contributed by atoms with Crippen LogP contribution in [0.3, 0.4) is 0 Å². The van der Waals surface area contributed by atoms with Crippen LogP contribution in [-0.2, 0) is 6.42 Å². The van der Waals surface area contributed by atoms with E-state index >= 15 is 0 Å². The van der Waals surface area contributed by atoms with E-state index in [0.29, 0.717) is 6.61 Å². The van der Waals surface area contributed by atoms with Gasteiger partial charge in [-0.1, -0.05) is 11.6 Å². The van der Waals surface area contributed by atoms with Crippen LogP contribution in [0.2, 0.25) is 5.02 Å². The topological polar surface area (TPSA) is 35.2 Å². The fourth-order valence-corrected chi connectivity index (χ4v) is 2.44. The molecule has 2 heterocycles. The van der Waals surface area contributed by atoms with Gasteiger partial charge in [0.1, 0.15) is 6.61 Å². The Morgan fingerprint density at radius 1 is 1.67 bits per heavy atom. The SMILES string of the molecule is Cl.NC1COc2c(Cl)csc2C1. The molecule has 1 aromatic heterocycles. The molecule has 2 rings (SSSR count). The van der Waals surface area contributed by atoms with E-state index in [1.54, 1.807) is 11.3 Å². The van der Waals surface area contributed by atoms with Gasteiger partial charge in [0.25, 0.3) is 0 Å². The highest BCUT2D eigenvalue weighted by molar-refractivity contribution is 7.10. The second-order valence-corrected chi connectivity index (χ2v) is 3.98. The maximum atomic E-state index is 5.85. The Labute approximate surface area is 86.1 Å². The molecule has 1 atom stereocenters. The second kappa shape index (κ2) is 3.83. The predicted molar refractivity (Wildman–Crippen MR) is 53.8 cm³/mol. The predicted octanol–water partition coefficient (Wildman–Crippen LogP) is 2.09. The van der Waals surface area contributed by atoms with Crippen molar-refractivity contribution in [1.29, 1.82) is 0 Å². The third-order valence-electron chi connectivity index (χ3n) is 1.66. The van der Waals surface area contributed by atoms with Gasteiger partial charge in [0.2, 0.25) is 0 Å². The van der Waals surface area contributed by atoms with E-state index in [9.17, 15) is 0 Å². The number of hydrogen-bond acceptors (Lipinski definition) is 3. The summed E-state index contributed by atoms with van der Waals surface area (Å²) in [6.07, 6.45) is 0.896. The maximum absolute atomic E-state index is 5.85. The minimum absolute atomic E-state index is 0. The van der Waals surface area contributed by atoms with Gasteiger partial charge < -0.3 is 10.5 Å². The molecule has 0 spiro atoms. The molecule has 1 aliphatic heterocycles. The lowest BCUT2D eigenvalue weighted by atomic mass is 10.1. The molecular formula is C7H9Cl2NOS. The minimum atomic E-state index is 0. The molecule has 0 saturated heterocycles. The normalized spacial score (nSPS) is 20.7. The van der Waals surface area contributed by atoms with Crippen LogP contribution in [0.25, 0.3) is 0 Å². The largest absolute Gasteiger partial charge is 0.489 e. The Hall–Kier alpha value is 0.0400. The third kappa shape index (κ3) is 1.69. The highest BCUT2D eigenvalue weighted by Gasteiger charge is 2.20. The first-order chi connectivity index (χ1) is 5.27. The van der Waals surface area contributed by atoms with E-state index in [2.05, 4.69) is 0 Å². The van der Waals surface area contributed by atoms with Crippen LogP contribution in [0, 0.1) is 0 Å². The van der Waals surface area contributed by atoms with Gasteiger partial charge in [0.15, 0.2) is 5.75 Å². The maximum Gasteiger partial charge on any atom is 0.151 e. The van der Waals surface area contributed by atoms with Crippen LogP contribution in [-0.4, -0.2) is 12.6 Å². The first kappa shape index (κ1) is 10.1. The number of ether oxygens (including phenoxy) is 1. The van der Waals surface area contributed by atoms with Crippen LogP contribution in [0.4, 0.5) is 0 Å². The lowest BCUT2D eigenvalue weighted by Crippen LogP contribution is -2.33. The molecule has 1 aliphatic rings. The molecule has 0 amide bonds. The highest BCUT2D eigenvalue weighted by Crippen LogP contribution is 2.37. The Bertz CT molecular complexity index is 276. The Morgan fingerprint density at radius 3 is 3.17 bits per heavy atom. The minimum Gasteiger partial charge on any atom is -0.489 e. The molecule has 0 aliphatic carbocycles. The quantitative estimate of drug-likeness (QED) is 0.735. The molecule has 12 heavy (non-hydrogen) atoms. The summed E-state index contributed by atoms with van der Waals surface area (Å²) in [5.74, 6) is 0.846. The summed E-state index contributed by atoms with van der Waals surface area (Å²) < 4.78 is 5.36. The average Bonchev–Trinajstić information content (AvgIpc) is 2.32. The van der Waals surface area contributed by atoms with Gasteiger partial charge >= 0.3 is 0 Å². The van der Waals surface area contributed by atoms with E-state index in [4.69, 9.17) is 22.1 Å². The lowest BCUT2D eigenvalue weighted by Gasteiger charge is -2.19. The monoisotopic (exact) mass is 225 g/mol. The van der Waals surface area contributed by atoms with Gasteiger partial charge in [-0.3, -0.25) is 0 Å². The van der Waals surface area contributed by atoms with Gasteiger partial charge in [-0.05, 0) is 0 Å². The van der Waals surface area contributed by atoms with E-state index in [1.807, 2.05) is 5.38 Å². The average molecular weight is 226 g/mol. The van der Waals surface area contributed by atoms with Crippen molar-refractivity contribution in [3.63, 3.8) is 0 Å². The molecule has 0 saturated carbocycles. The summed E-state index contributed by atoms with van der Waals surface area (Å²) in [7, 11) is 0. The number of fused-ring (bicyclic) bond motifs is 1. The molecular weight excluding hydrogens is 217 g/mol. The summed E-state index contributed by atoms with van der Waals surface area (Å²) in [6.45, 7) is 0.587. The van der Waals surface area contributed by atoms with Gasteiger partial charge in [0.05, 0.1) is 5.02 Å². The molecule has 0 aromatic carbocycles. The zero-order chi connectivity index (χ0) is 7.84. The Kier molecular flexibility index (Phi) is 3.23. The Morgan fingerprint density at radius 2 is 2.42 bits per heavy atom. The first-order valence-corrected chi connectivity index (χ1v) is 4.67. The number of nitrogens with two attached hydrogens (primary N) is 1. The summed E-state index contributed by atoms with van der Waals surface area (Å²) >= 11 is 7.47. The first-order valence-electron chi connectivity index (χ1n) is 3.41. The van der Waals surface area contributed by atoms with Crippen molar-refractivity contribution < 1.29 is 4.74 Å².